The number of nitrogens with zero attached hydrogens (tertiary/aromatic N) is 3. The number of hydrogen-bond acceptors (Lipinski definition) is 13. The van der Waals surface area contributed by atoms with E-state index in [-0.39, 0.29) is 41.8 Å². The van der Waals surface area contributed by atoms with Crippen molar-refractivity contribution in [3.63, 3.8) is 0 Å². The average Bonchev–Trinajstić information content (AvgIpc) is 4.10. The number of aliphatic carboxylic acids is 1. The lowest BCUT2D eigenvalue weighted by Crippen LogP contribution is -2.34. The third-order valence-corrected chi connectivity index (χ3v) is 12.3. The van der Waals surface area contributed by atoms with Gasteiger partial charge in [-0.2, -0.15) is 0 Å². The van der Waals surface area contributed by atoms with Gasteiger partial charge >= 0.3 is 11.9 Å². The van der Waals surface area contributed by atoms with E-state index in [2.05, 4.69) is 10.3 Å². The Morgan fingerprint density at radius 1 is 0.924 bits per heavy atom. The number of primary sulfonamides is 1. The van der Waals surface area contributed by atoms with Crippen LogP contribution in [0.2, 0.25) is 10.0 Å². The number of aromatic nitrogens is 3. The molecule has 0 spiro atoms. The number of ether oxygens (including phenoxy) is 2. The molecule has 348 valence electrons. The molecule has 0 amide bonds. The second kappa shape index (κ2) is 21.7. The summed E-state index contributed by atoms with van der Waals surface area (Å²) in [6.07, 6.45) is 0.392. The fraction of sp³-hybridized carbons (Fsp3) is 0.209. The molecule has 0 bridgehead atoms. The maximum atomic E-state index is 13.0. The Morgan fingerprint density at radius 2 is 1.64 bits per heavy atom. The van der Waals surface area contributed by atoms with Crippen LogP contribution >= 0.6 is 46.9 Å². The summed E-state index contributed by atoms with van der Waals surface area (Å²) in [5, 5.41) is 36.6. The summed E-state index contributed by atoms with van der Waals surface area (Å²) in [5.41, 5.74) is 3.92. The Hall–Kier alpha value is -5.71. The highest BCUT2D eigenvalue weighted by atomic mass is 35.5. The summed E-state index contributed by atoms with van der Waals surface area (Å²) >= 11 is 22.7. The molecule has 1 aliphatic rings. The van der Waals surface area contributed by atoms with Crippen LogP contribution in [0.25, 0.3) is 21.9 Å². The number of para-hydroxylation sites is 2. The highest BCUT2D eigenvalue weighted by molar-refractivity contribution is 7.89. The monoisotopic (exact) mass is 1010 g/mol. The molecule has 0 saturated carbocycles. The molecule has 18 nitrogen and oxygen atoms in total. The van der Waals surface area contributed by atoms with Crippen molar-refractivity contribution in [2.45, 2.75) is 49.3 Å². The number of imidazole rings is 1. The number of rotatable bonds is 13. The second-order valence-electron chi connectivity index (χ2n) is 14.3. The van der Waals surface area contributed by atoms with Crippen molar-refractivity contribution in [3.8, 4) is 5.75 Å². The molecule has 4 heterocycles. The van der Waals surface area contributed by atoms with Gasteiger partial charge in [0.25, 0.3) is 5.91 Å². The summed E-state index contributed by atoms with van der Waals surface area (Å²) in [6.45, 7) is 1.72. The van der Waals surface area contributed by atoms with Gasteiger partial charge in [-0.1, -0.05) is 35.3 Å². The minimum absolute atomic E-state index is 0.163. The van der Waals surface area contributed by atoms with Crippen LogP contribution in [0.5, 0.6) is 5.75 Å². The summed E-state index contributed by atoms with van der Waals surface area (Å²) in [4.78, 5) is 39.3. The molecular formula is C43H39Cl4N5O13S. The van der Waals surface area contributed by atoms with Crippen molar-refractivity contribution < 1.29 is 60.6 Å². The van der Waals surface area contributed by atoms with Crippen LogP contribution in [0.4, 0.5) is 5.69 Å². The lowest BCUT2D eigenvalue weighted by Gasteiger charge is -2.19. The van der Waals surface area contributed by atoms with Gasteiger partial charge in [0.15, 0.2) is 12.3 Å². The number of furan rings is 1. The molecule has 7 aromatic rings. The number of nitrogens with one attached hydrogen (secondary N) is 1. The molecule has 0 aliphatic carbocycles. The normalized spacial score (nSPS) is 16.8. The van der Waals surface area contributed by atoms with Crippen LogP contribution < -0.4 is 15.2 Å². The fourth-order valence-electron chi connectivity index (χ4n) is 7.10. The molecule has 23 heteroatoms. The number of aliphatic hydroxyl groups excluding tert-OH is 1. The van der Waals surface area contributed by atoms with E-state index in [0.29, 0.717) is 44.3 Å². The number of aliphatic hydroxyl groups is 1. The van der Waals surface area contributed by atoms with E-state index < -0.39 is 51.4 Å². The van der Waals surface area contributed by atoms with Crippen molar-refractivity contribution in [2.75, 3.05) is 19.0 Å². The van der Waals surface area contributed by atoms with Crippen LogP contribution in [-0.2, 0) is 41.1 Å². The van der Waals surface area contributed by atoms with E-state index in [0.717, 1.165) is 17.1 Å². The second-order valence-corrected chi connectivity index (χ2v) is 17.0. The van der Waals surface area contributed by atoms with Gasteiger partial charge in [0, 0.05) is 21.7 Å². The molecule has 6 N–H and O–H groups in total. The average molecular weight is 1010 g/mol. The van der Waals surface area contributed by atoms with E-state index in [1.165, 1.54) is 16.9 Å². The van der Waals surface area contributed by atoms with Gasteiger partial charge in [-0.15, -0.1) is 0 Å². The topological polar surface area (TPSA) is 257 Å². The number of fused-ring (bicyclic) bond motifs is 2. The molecule has 0 radical (unpaired) electrons. The first kappa shape index (κ1) is 49.7. The van der Waals surface area contributed by atoms with Crippen molar-refractivity contribution in [1.82, 2.24) is 14.1 Å². The summed E-state index contributed by atoms with van der Waals surface area (Å²) in [6, 6.07) is 25.0. The van der Waals surface area contributed by atoms with Crippen molar-refractivity contribution in [1.29, 1.82) is 0 Å². The molecule has 1 unspecified atom stereocenters. The first-order chi connectivity index (χ1) is 31.5. The Balaban J connectivity index is 0.000000165. The third kappa shape index (κ3) is 11.1. The van der Waals surface area contributed by atoms with Crippen molar-refractivity contribution >= 4 is 102 Å². The largest absolute Gasteiger partial charge is 0.497 e. The van der Waals surface area contributed by atoms with Crippen LogP contribution in [0.1, 0.15) is 44.0 Å². The van der Waals surface area contributed by atoms with E-state index in [1.54, 1.807) is 79.5 Å². The fourth-order valence-corrected chi connectivity index (χ4v) is 8.73. The van der Waals surface area contributed by atoms with Gasteiger partial charge in [0.1, 0.15) is 28.6 Å². The van der Waals surface area contributed by atoms with Crippen molar-refractivity contribution in [3.05, 3.63) is 142 Å². The molecule has 8 rings (SSSR count). The number of carbonyl (C=O) groups excluding carboxylic acids is 1. The van der Waals surface area contributed by atoms with E-state index in [9.17, 15) is 33.0 Å². The Labute approximate surface area is 396 Å². The highest BCUT2D eigenvalue weighted by Crippen LogP contribution is 2.37. The number of carbonyl (C=O) groups is 3. The zero-order valence-corrected chi connectivity index (χ0v) is 38.3. The van der Waals surface area contributed by atoms with Gasteiger partial charge in [-0.3, -0.25) is 22.7 Å². The van der Waals surface area contributed by atoms with Gasteiger partial charge in [0.2, 0.25) is 10.0 Å². The number of anilines is 1. The van der Waals surface area contributed by atoms with Crippen LogP contribution in [0.3, 0.4) is 0 Å². The van der Waals surface area contributed by atoms with E-state index in [4.69, 9.17) is 79.6 Å². The molecule has 4 atom stereocenters. The molecule has 1 fully saturated rings. The zero-order valence-electron chi connectivity index (χ0n) is 34.5. The van der Waals surface area contributed by atoms with Gasteiger partial charge in [0.05, 0.1) is 95.8 Å². The lowest BCUT2D eigenvalue weighted by molar-refractivity contribution is -0.136. The zero-order chi connectivity index (χ0) is 47.9. The van der Waals surface area contributed by atoms with Crippen molar-refractivity contribution in [2.24, 2.45) is 5.14 Å². The van der Waals surface area contributed by atoms with Gasteiger partial charge in [-0.25, -0.2) is 23.3 Å². The van der Waals surface area contributed by atoms with Gasteiger partial charge < -0.3 is 39.1 Å². The Bertz CT molecular complexity index is 2970. The SMILES string of the molecule is COc1ccc2c(c1)c(CC(=O)O)c(C)n2C(=O)c1ccc(Cl)cc1.NS(=O)(=O)c1cc(C(=O)O)c(NCc2ccco2)cc1Cl.OC[C@H]1OC(n2cnc3ccccc32)[C@H](OCl)[C@@H]1OCl. The minimum Gasteiger partial charge on any atom is -0.497 e. The van der Waals surface area contributed by atoms with E-state index in [1.807, 2.05) is 24.3 Å². The number of sulfonamides is 1. The first-order valence-corrected chi connectivity index (χ1v) is 22.2. The number of benzene rings is 4. The predicted molar refractivity (Wildman–Crippen MR) is 244 cm³/mol. The number of carboxylic acid groups (broad SMARTS) is 2. The number of halogens is 4. The Morgan fingerprint density at radius 3 is 2.24 bits per heavy atom. The minimum atomic E-state index is -4.11. The highest BCUT2D eigenvalue weighted by Gasteiger charge is 2.48. The number of aromatic carboxylic acids is 1. The standard InChI is InChI=1S/C19H16ClNO4.C12H12Cl2N2O4.C12H11ClN2O5S/c1-11-15(10-18(22)23)16-9-14(25-2)7-8-17(16)21(11)19(24)12-3-5-13(20)6-4-12;13-19-10-9(5-17)18-12(11(10)20-14)16-6-15-7-3-1-2-4-8(7)16;13-9-5-10(15-6-7-2-1-3-20-7)8(12(16)17)4-11(9)21(14,18)19/h3-9H,10H2,1-2H3,(H,22,23);1-4,6,9-12,17H,5H2;1-5,15H,6H2,(H,16,17)(H2,14,18,19)/t;9-,10-,11-,12?;/m.1./s1. The number of carboxylic acids is 2. The third-order valence-electron chi connectivity index (χ3n) is 10.2. The molecule has 3 aromatic heterocycles. The van der Waals surface area contributed by atoms with Crippen LogP contribution in [0, 0.1) is 6.92 Å². The molecular weight excluding hydrogens is 968 g/mol. The quantitative estimate of drug-likeness (QED) is 0.0738. The van der Waals surface area contributed by atoms with Crippen LogP contribution in [-0.4, -0.2) is 87.7 Å². The maximum Gasteiger partial charge on any atom is 0.337 e. The van der Waals surface area contributed by atoms with E-state index >= 15 is 0 Å². The molecule has 66 heavy (non-hydrogen) atoms. The summed E-state index contributed by atoms with van der Waals surface area (Å²) in [7, 11) is -2.56. The molecule has 4 aromatic carbocycles. The smallest absolute Gasteiger partial charge is 0.337 e. The van der Waals surface area contributed by atoms with Crippen LogP contribution in [0.15, 0.2) is 113 Å². The maximum absolute atomic E-state index is 13.0. The molecule has 1 saturated heterocycles. The Kier molecular flexibility index (Phi) is 16.4. The number of methoxy groups -OCH3 is 1. The molecule has 1 aliphatic heterocycles. The summed E-state index contributed by atoms with van der Waals surface area (Å²) in [5.74, 6) is -1.31. The lowest BCUT2D eigenvalue weighted by atomic mass is 10.1. The number of nitrogens with two attached hydrogens (primary N) is 1. The predicted octanol–water partition coefficient (Wildman–Crippen LogP) is 7.82. The first-order valence-electron chi connectivity index (χ1n) is 19.3. The van der Waals surface area contributed by atoms with Gasteiger partial charge in [-0.05, 0) is 91.3 Å². The number of hydrogen-bond donors (Lipinski definition) is 5. The summed E-state index contributed by atoms with van der Waals surface area (Å²) < 4.78 is 51.8.